The number of rotatable bonds is 2. The van der Waals surface area contributed by atoms with E-state index in [2.05, 4.69) is 10.3 Å². The highest BCUT2D eigenvalue weighted by Gasteiger charge is 2.18. The average Bonchev–Trinajstić information content (AvgIpc) is 2.68. The van der Waals surface area contributed by atoms with Gasteiger partial charge in [0.25, 0.3) is 11.5 Å². The Morgan fingerprint density at radius 3 is 2.56 bits per heavy atom. The predicted molar refractivity (Wildman–Crippen MR) is 57.4 cm³/mol. The number of carbonyl (C=O) groups excluding carboxylic acids is 1. The summed E-state index contributed by atoms with van der Waals surface area (Å²) in [5.74, 6) is -0.393. The second-order valence-electron chi connectivity index (χ2n) is 3.96. The van der Waals surface area contributed by atoms with Gasteiger partial charge < -0.3 is 10.3 Å². The van der Waals surface area contributed by atoms with Crippen molar-refractivity contribution in [2.45, 2.75) is 31.7 Å². The molecular weight excluding hydrogens is 210 g/mol. The number of carbonyl (C=O) groups is 1. The lowest BCUT2D eigenvalue weighted by molar-refractivity contribution is 0.0932. The summed E-state index contributed by atoms with van der Waals surface area (Å²) in [7, 11) is 0. The lowest BCUT2D eigenvalue weighted by Crippen LogP contribution is -2.36. The van der Waals surface area contributed by atoms with Gasteiger partial charge in [0, 0.05) is 12.1 Å². The second kappa shape index (κ2) is 4.34. The van der Waals surface area contributed by atoms with Gasteiger partial charge in [0.15, 0.2) is 0 Å². The lowest BCUT2D eigenvalue weighted by atomic mass is 10.2. The molecular formula is C10H13N3O3. The smallest absolute Gasteiger partial charge is 0.326 e. The van der Waals surface area contributed by atoms with Crippen molar-refractivity contribution in [1.29, 1.82) is 0 Å². The molecule has 1 heterocycles. The van der Waals surface area contributed by atoms with E-state index in [9.17, 15) is 14.4 Å². The van der Waals surface area contributed by atoms with Gasteiger partial charge in [0.2, 0.25) is 0 Å². The SMILES string of the molecule is O=C(NC1CCCC1)c1cc(=O)[nH]c(=O)[nH]1. The fourth-order valence-electron chi connectivity index (χ4n) is 1.92. The molecule has 6 heteroatoms. The first kappa shape index (κ1) is 10.7. The van der Waals surface area contributed by atoms with Crippen molar-refractivity contribution in [2.75, 3.05) is 0 Å². The maximum atomic E-state index is 11.7. The highest BCUT2D eigenvalue weighted by atomic mass is 16.2. The molecule has 1 amide bonds. The minimum absolute atomic E-state index is 0.0145. The maximum absolute atomic E-state index is 11.7. The third-order valence-electron chi connectivity index (χ3n) is 2.70. The van der Waals surface area contributed by atoms with Gasteiger partial charge in [-0.05, 0) is 12.8 Å². The standard InChI is InChI=1S/C10H13N3O3/c14-8-5-7(12-10(16)13-8)9(15)11-6-3-1-2-4-6/h5-6H,1-4H2,(H,11,15)(H2,12,13,14,16). The van der Waals surface area contributed by atoms with E-state index in [4.69, 9.17) is 0 Å². The molecule has 0 bridgehead atoms. The molecule has 86 valence electrons. The third kappa shape index (κ3) is 2.39. The number of hydrogen-bond donors (Lipinski definition) is 3. The summed E-state index contributed by atoms with van der Waals surface area (Å²) < 4.78 is 0. The minimum Gasteiger partial charge on any atom is -0.348 e. The van der Waals surface area contributed by atoms with Crippen LogP contribution in [0.25, 0.3) is 0 Å². The lowest BCUT2D eigenvalue weighted by Gasteiger charge is -2.10. The highest BCUT2D eigenvalue weighted by Crippen LogP contribution is 2.17. The number of hydrogen-bond acceptors (Lipinski definition) is 3. The highest BCUT2D eigenvalue weighted by molar-refractivity contribution is 5.92. The molecule has 3 N–H and O–H groups in total. The first-order valence-corrected chi connectivity index (χ1v) is 5.29. The summed E-state index contributed by atoms with van der Waals surface area (Å²) in [6, 6.07) is 1.25. The molecule has 0 saturated heterocycles. The van der Waals surface area contributed by atoms with E-state index in [0.717, 1.165) is 31.7 Å². The fourth-order valence-corrected chi connectivity index (χ4v) is 1.92. The molecule has 0 radical (unpaired) electrons. The Morgan fingerprint density at radius 1 is 1.25 bits per heavy atom. The van der Waals surface area contributed by atoms with Gasteiger partial charge in [-0.2, -0.15) is 0 Å². The van der Waals surface area contributed by atoms with Crippen molar-refractivity contribution >= 4 is 5.91 Å². The number of amides is 1. The van der Waals surface area contributed by atoms with Gasteiger partial charge >= 0.3 is 5.69 Å². The van der Waals surface area contributed by atoms with Crippen LogP contribution < -0.4 is 16.6 Å². The Kier molecular flexibility index (Phi) is 2.89. The summed E-state index contributed by atoms with van der Waals surface area (Å²) in [6.45, 7) is 0. The van der Waals surface area contributed by atoms with Gasteiger partial charge in [-0.1, -0.05) is 12.8 Å². The van der Waals surface area contributed by atoms with Gasteiger partial charge in [-0.3, -0.25) is 14.6 Å². The molecule has 6 nitrogen and oxygen atoms in total. The third-order valence-corrected chi connectivity index (χ3v) is 2.70. The van der Waals surface area contributed by atoms with Crippen molar-refractivity contribution in [1.82, 2.24) is 15.3 Å². The minimum atomic E-state index is -0.663. The summed E-state index contributed by atoms with van der Waals surface area (Å²) >= 11 is 0. The van der Waals surface area contributed by atoms with Gasteiger partial charge in [-0.25, -0.2) is 4.79 Å². The zero-order valence-corrected chi connectivity index (χ0v) is 8.71. The van der Waals surface area contributed by atoms with E-state index in [-0.39, 0.29) is 11.7 Å². The van der Waals surface area contributed by atoms with Crippen molar-refractivity contribution in [2.24, 2.45) is 0 Å². The molecule has 1 fully saturated rings. The number of nitrogens with one attached hydrogen (secondary N) is 3. The van der Waals surface area contributed by atoms with Crippen LogP contribution in [0.2, 0.25) is 0 Å². The number of aromatic nitrogens is 2. The van der Waals surface area contributed by atoms with Gasteiger partial charge in [-0.15, -0.1) is 0 Å². The second-order valence-corrected chi connectivity index (χ2v) is 3.96. The Balaban J connectivity index is 2.13. The van der Waals surface area contributed by atoms with Crippen molar-refractivity contribution in [3.05, 3.63) is 32.6 Å². The maximum Gasteiger partial charge on any atom is 0.326 e. The quantitative estimate of drug-likeness (QED) is 0.644. The Morgan fingerprint density at radius 2 is 1.94 bits per heavy atom. The molecule has 1 aliphatic carbocycles. The molecule has 1 aliphatic rings. The first-order chi connectivity index (χ1) is 7.65. The predicted octanol–water partition coefficient (Wildman–Crippen LogP) is -0.264. The number of aromatic amines is 2. The van der Waals surface area contributed by atoms with E-state index in [1.165, 1.54) is 0 Å². The van der Waals surface area contributed by atoms with Crippen LogP contribution in [-0.2, 0) is 0 Å². The van der Waals surface area contributed by atoms with Crippen LogP contribution >= 0.6 is 0 Å². The van der Waals surface area contributed by atoms with E-state index < -0.39 is 17.2 Å². The molecule has 1 aromatic heterocycles. The zero-order valence-electron chi connectivity index (χ0n) is 8.71. The van der Waals surface area contributed by atoms with Crippen LogP contribution in [-0.4, -0.2) is 21.9 Å². The zero-order chi connectivity index (χ0) is 11.5. The van der Waals surface area contributed by atoms with E-state index in [1.54, 1.807) is 0 Å². The van der Waals surface area contributed by atoms with Gasteiger partial charge in [0.05, 0.1) is 0 Å². The fraction of sp³-hybridized carbons (Fsp3) is 0.500. The molecule has 1 aromatic rings. The van der Waals surface area contributed by atoms with E-state index in [1.807, 2.05) is 4.98 Å². The van der Waals surface area contributed by atoms with Crippen LogP contribution in [0.3, 0.4) is 0 Å². The largest absolute Gasteiger partial charge is 0.348 e. The normalized spacial score (nSPS) is 16.2. The Bertz CT molecular complexity index is 468. The number of H-pyrrole nitrogens is 2. The molecule has 16 heavy (non-hydrogen) atoms. The Hall–Kier alpha value is -1.85. The van der Waals surface area contributed by atoms with Crippen LogP contribution in [0.5, 0.6) is 0 Å². The van der Waals surface area contributed by atoms with E-state index in [0.29, 0.717) is 0 Å². The molecule has 0 atom stereocenters. The molecule has 0 unspecified atom stereocenters. The first-order valence-electron chi connectivity index (χ1n) is 5.29. The molecule has 2 rings (SSSR count). The average molecular weight is 223 g/mol. The van der Waals surface area contributed by atoms with Crippen LogP contribution in [0.15, 0.2) is 15.7 Å². The summed E-state index contributed by atoms with van der Waals surface area (Å²) in [5, 5.41) is 2.79. The molecule has 0 spiro atoms. The molecule has 0 aromatic carbocycles. The van der Waals surface area contributed by atoms with Crippen molar-refractivity contribution < 1.29 is 4.79 Å². The van der Waals surface area contributed by atoms with Gasteiger partial charge in [0.1, 0.15) is 5.69 Å². The van der Waals surface area contributed by atoms with Crippen molar-refractivity contribution in [3.8, 4) is 0 Å². The summed E-state index contributed by atoms with van der Waals surface area (Å²) in [5.41, 5.74) is -1.22. The van der Waals surface area contributed by atoms with Crippen molar-refractivity contribution in [3.63, 3.8) is 0 Å². The topological polar surface area (TPSA) is 94.8 Å². The molecule has 1 saturated carbocycles. The van der Waals surface area contributed by atoms with Crippen LogP contribution in [0.1, 0.15) is 36.2 Å². The monoisotopic (exact) mass is 223 g/mol. The summed E-state index contributed by atoms with van der Waals surface area (Å²) in [4.78, 5) is 37.9. The summed E-state index contributed by atoms with van der Waals surface area (Å²) in [6.07, 6.45) is 4.13. The van der Waals surface area contributed by atoms with Crippen LogP contribution in [0, 0.1) is 0 Å². The molecule has 0 aliphatic heterocycles. The Labute approximate surface area is 91.1 Å². The van der Waals surface area contributed by atoms with Crippen LogP contribution in [0.4, 0.5) is 0 Å². The van der Waals surface area contributed by atoms with E-state index >= 15 is 0 Å².